The molecule has 1 atom stereocenters. The summed E-state index contributed by atoms with van der Waals surface area (Å²) in [6, 6.07) is 0. The van der Waals surface area contributed by atoms with Gasteiger partial charge >= 0.3 is 0 Å². The molecule has 0 spiro atoms. The Morgan fingerprint density at radius 2 is 1.94 bits per heavy atom. The molecule has 0 aromatic rings. The summed E-state index contributed by atoms with van der Waals surface area (Å²) in [5.74, 6) is -1.04. The van der Waals surface area contributed by atoms with Gasteiger partial charge in [0.15, 0.2) is 0 Å². The Balaban J connectivity index is 3.89. The fourth-order valence-electron chi connectivity index (χ4n) is 1.27. The lowest BCUT2D eigenvalue weighted by Gasteiger charge is -2.30. The lowest BCUT2D eigenvalue weighted by atomic mass is 10.1. The molecule has 0 aromatic carbocycles. The quantitative estimate of drug-likeness (QED) is 0.569. The number of carboxylic acids is 1. The number of aliphatic carboxylic acids is 1. The summed E-state index contributed by atoms with van der Waals surface area (Å²) in [5, 5.41) is 13.2. The van der Waals surface area contributed by atoms with E-state index < -0.39 is 5.97 Å². The second kappa shape index (κ2) is 6.48. The number of nitrogens with zero attached hydrogens (tertiary/aromatic N) is 1. The van der Waals surface area contributed by atoms with E-state index >= 15 is 0 Å². The predicted molar refractivity (Wildman–Crippen MR) is 59.3 cm³/mol. The van der Waals surface area contributed by atoms with Crippen LogP contribution >= 0.6 is 0 Å². The Labute approximate surface area is 97.0 Å². The molecule has 16 heavy (non-hydrogen) atoms. The van der Waals surface area contributed by atoms with Crippen molar-refractivity contribution in [1.29, 1.82) is 0 Å². The summed E-state index contributed by atoms with van der Waals surface area (Å²) in [6.45, 7) is 4.86. The van der Waals surface area contributed by atoms with Gasteiger partial charge in [-0.1, -0.05) is 13.8 Å². The first-order valence-corrected chi connectivity index (χ1v) is 5.58. The van der Waals surface area contributed by atoms with E-state index in [2.05, 4.69) is 5.32 Å². The first-order chi connectivity index (χ1) is 7.28. The van der Waals surface area contributed by atoms with Crippen molar-refractivity contribution in [2.75, 3.05) is 33.7 Å². The summed E-state index contributed by atoms with van der Waals surface area (Å²) in [7, 11) is 3.59. The van der Waals surface area contributed by atoms with E-state index in [1.165, 1.54) is 0 Å². The van der Waals surface area contributed by atoms with E-state index in [9.17, 15) is 14.7 Å². The third kappa shape index (κ3) is 6.40. The monoisotopic (exact) mass is 230 g/mol. The molecule has 0 heterocycles. The van der Waals surface area contributed by atoms with Crippen LogP contribution in [0.5, 0.6) is 0 Å². The minimum absolute atomic E-state index is 0.0109. The van der Waals surface area contributed by atoms with Gasteiger partial charge in [0.05, 0.1) is 33.2 Å². The third-order valence-corrected chi connectivity index (χ3v) is 2.63. The standard InChI is InChI=1S/C11H22N2O3/c1-5-9(2)11(16)12-6-7-13(3,4)8-10(14)15/h9H,5-8H2,1-4H3,(H-,12,14,15,16). The molecule has 0 aliphatic rings. The van der Waals surface area contributed by atoms with Crippen LogP contribution in [0.25, 0.3) is 0 Å². The molecule has 0 saturated heterocycles. The molecule has 0 saturated carbocycles. The van der Waals surface area contributed by atoms with Crippen molar-refractivity contribution < 1.29 is 19.2 Å². The number of amides is 1. The number of hydrogen-bond acceptors (Lipinski definition) is 3. The van der Waals surface area contributed by atoms with Crippen molar-refractivity contribution in [2.45, 2.75) is 20.3 Å². The average molecular weight is 230 g/mol. The zero-order valence-corrected chi connectivity index (χ0v) is 10.6. The average Bonchev–Trinajstić information content (AvgIpc) is 2.13. The van der Waals surface area contributed by atoms with Crippen LogP contribution in [0.3, 0.4) is 0 Å². The number of quaternary nitrogens is 1. The van der Waals surface area contributed by atoms with E-state index in [4.69, 9.17) is 0 Å². The summed E-state index contributed by atoms with van der Waals surface area (Å²) < 4.78 is 0.309. The highest BCUT2D eigenvalue weighted by Crippen LogP contribution is 2.00. The van der Waals surface area contributed by atoms with Gasteiger partial charge in [-0.3, -0.25) is 4.79 Å². The van der Waals surface area contributed by atoms with Crippen molar-refractivity contribution in [3.05, 3.63) is 0 Å². The van der Waals surface area contributed by atoms with Crippen LogP contribution in [-0.2, 0) is 9.59 Å². The smallest absolute Gasteiger partial charge is 0.223 e. The first-order valence-electron chi connectivity index (χ1n) is 5.58. The fraction of sp³-hybridized carbons (Fsp3) is 0.818. The molecule has 5 nitrogen and oxygen atoms in total. The van der Waals surface area contributed by atoms with Crippen molar-refractivity contribution in [3.8, 4) is 0 Å². The van der Waals surface area contributed by atoms with Crippen LogP contribution in [0.4, 0.5) is 0 Å². The summed E-state index contributed by atoms with van der Waals surface area (Å²) in [4.78, 5) is 21.9. The number of hydrogen-bond donors (Lipinski definition) is 1. The second-order valence-corrected chi connectivity index (χ2v) is 4.79. The van der Waals surface area contributed by atoms with Crippen LogP contribution in [0, 0.1) is 5.92 Å². The second-order valence-electron chi connectivity index (χ2n) is 4.79. The van der Waals surface area contributed by atoms with Crippen LogP contribution in [-0.4, -0.2) is 50.1 Å². The van der Waals surface area contributed by atoms with Crippen molar-refractivity contribution >= 4 is 11.9 Å². The van der Waals surface area contributed by atoms with Crippen LogP contribution < -0.4 is 10.4 Å². The van der Waals surface area contributed by atoms with Gasteiger partial charge in [-0.15, -0.1) is 0 Å². The van der Waals surface area contributed by atoms with Crippen molar-refractivity contribution in [2.24, 2.45) is 5.92 Å². The largest absolute Gasteiger partial charge is 0.544 e. The maximum atomic E-state index is 11.4. The highest BCUT2D eigenvalue weighted by Gasteiger charge is 2.16. The zero-order chi connectivity index (χ0) is 12.8. The highest BCUT2D eigenvalue weighted by atomic mass is 16.4. The predicted octanol–water partition coefficient (Wildman–Crippen LogP) is -1.02. The van der Waals surface area contributed by atoms with Crippen LogP contribution in [0.1, 0.15) is 20.3 Å². The van der Waals surface area contributed by atoms with E-state index in [0.29, 0.717) is 17.6 Å². The zero-order valence-electron chi connectivity index (χ0n) is 10.6. The molecule has 1 unspecified atom stereocenters. The number of carbonyl (C=O) groups excluding carboxylic acids is 2. The van der Waals surface area contributed by atoms with Gasteiger partial charge in [-0.2, -0.15) is 0 Å². The van der Waals surface area contributed by atoms with Crippen molar-refractivity contribution in [3.63, 3.8) is 0 Å². The molecule has 94 valence electrons. The van der Waals surface area contributed by atoms with E-state index in [1.807, 2.05) is 13.8 Å². The topological polar surface area (TPSA) is 69.2 Å². The Bertz CT molecular complexity index is 252. The van der Waals surface area contributed by atoms with E-state index in [1.54, 1.807) is 14.1 Å². The third-order valence-electron chi connectivity index (χ3n) is 2.63. The molecule has 0 rings (SSSR count). The maximum Gasteiger partial charge on any atom is 0.223 e. The molecule has 0 radical (unpaired) electrons. The molecule has 0 aliphatic heterocycles. The minimum atomic E-state index is -1.07. The fourth-order valence-corrected chi connectivity index (χ4v) is 1.27. The Hall–Kier alpha value is -1.10. The number of carboxylic acid groups (broad SMARTS) is 1. The Morgan fingerprint density at radius 1 is 1.38 bits per heavy atom. The van der Waals surface area contributed by atoms with Crippen LogP contribution in [0.15, 0.2) is 0 Å². The molecule has 1 N–H and O–H groups in total. The summed E-state index contributed by atoms with van der Waals surface area (Å²) >= 11 is 0. The molecule has 0 bridgehead atoms. The Morgan fingerprint density at radius 3 is 2.38 bits per heavy atom. The van der Waals surface area contributed by atoms with Gasteiger partial charge in [-0.05, 0) is 6.42 Å². The summed E-state index contributed by atoms with van der Waals surface area (Å²) in [5.41, 5.74) is 0. The molecule has 0 aliphatic carbocycles. The van der Waals surface area contributed by atoms with Crippen molar-refractivity contribution in [1.82, 2.24) is 5.32 Å². The number of nitrogens with one attached hydrogen (secondary N) is 1. The van der Waals surface area contributed by atoms with E-state index in [-0.39, 0.29) is 18.4 Å². The number of likely N-dealkylation sites (N-methyl/N-ethyl adjacent to an activating group) is 1. The Kier molecular flexibility index (Phi) is 6.03. The van der Waals surface area contributed by atoms with Crippen LogP contribution in [0.2, 0.25) is 0 Å². The molecule has 1 amide bonds. The minimum Gasteiger partial charge on any atom is -0.544 e. The van der Waals surface area contributed by atoms with Gasteiger partial charge < -0.3 is 19.7 Å². The SMILES string of the molecule is CCC(C)C(=O)NCC[N+](C)(C)CC(=O)[O-]. The molecular weight excluding hydrogens is 208 g/mol. The van der Waals surface area contributed by atoms with Gasteiger partial charge in [0.2, 0.25) is 5.91 Å². The molecule has 0 aromatic heterocycles. The lowest BCUT2D eigenvalue weighted by molar-refractivity contribution is -0.883. The lowest BCUT2D eigenvalue weighted by Crippen LogP contribution is -2.51. The molecule has 0 fully saturated rings. The van der Waals surface area contributed by atoms with Gasteiger partial charge in [0.25, 0.3) is 0 Å². The van der Waals surface area contributed by atoms with Gasteiger partial charge in [-0.25, -0.2) is 0 Å². The number of rotatable bonds is 7. The van der Waals surface area contributed by atoms with E-state index in [0.717, 1.165) is 6.42 Å². The number of carbonyl (C=O) groups is 2. The summed E-state index contributed by atoms with van der Waals surface area (Å²) in [6.07, 6.45) is 0.809. The molecule has 5 heteroatoms. The first kappa shape index (κ1) is 14.9. The molecular formula is C11H22N2O3. The van der Waals surface area contributed by atoms with Gasteiger partial charge in [0.1, 0.15) is 6.54 Å². The maximum absolute atomic E-state index is 11.4. The van der Waals surface area contributed by atoms with Gasteiger partial charge in [0, 0.05) is 5.92 Å². The highest BCUT2D eigenvalue weighted by molar-refractivity contribution is 5.78. The normalized spacial score (nSPS) is 13.2.